The van der Waals surface area contributed by atoms with Gasteiger partial charge in [-0.15, -0.1) is 0 Å². The molecule has 4 N–H and O–H groups in total. The summed E-state index contributed by atoms with van der Waals surface area (Å²) >= 11 is 0. The number of hydrogen-bond acceptors (Lipinski definition) is 2. The average molecular weight is 171 g/mol. The van der Waals surface area contributed by atoms with E-state index in [0.717, 1.165) is 25.7 Å². The van der Waals surface area contributed by atoms with Gasteiger partial charge in [-0.05, 0) is 25.7 Å². The highest BCUT2D eigenvalue weighted by Crippen LogP contribution is 2.06. The van der Waals surface area contributed by atoms with Crippen molar-refractivity contribution in [3.8, 4) is 0 Å². The Morgan fingerprint density at radius 3 is 2.17 bits per heavy atom. The van der Waals surface area contributed by atoms with Crippen LogP contribution in [0.25, 0.3) is 0 Å². The molecule has 0 heterocycles. The van der Waals surface area contributed by atoms with Gasteiger partial charge in [0.25, 0.3) is 0 Å². The summed E-state index contributed by atoms with van der Waals surface area (Å²) in [6.45, 7) is 5.95. The molecule has 0 saturated heterocycles. The summed E-state index contributed by atoms with van der Waals surface area (Å²) in [5, 5.41) is 0. The van der Waals surface area contributed by atoms with Crippen LogP contribution in [0.3, 0.4) is 0 Å². The van der Waals surface area contributed by atoms with Crippen molar-refractivity contribution in [3.05, 3.63) is 6.92 Å². The quantitative estimate of drug-likeness (QED) is 0.614. The van der Waals surface area contributed by atoms with E-state index in [2.05, 4.69) is 13.8 Å². The zero-order valence-electron chi connectivity index (χ0n) is 8.26. The van der Waals surface area contributed by atoms with Crippen LogP contribution in [0.2, 0.25) is 0 Å². The average Bonchev–Trinajstić information content (AvgIpc) is 2.10. The van der Waals surface area contributed by atoms with Gasteiger partial charge in [0.2, 0.25) is 0 Å². The second-order valence-electron chi connectivity index (χ2n) is 3.53. The van der Waals surface area contributed by atoms with Gasteiger partial charge in [0.1, 0.15) is 0 Å². The van der Waals surface area contributed by atoms with Crippen molar-refractivity contribution < 1.29 is 0 Å². The van der Waals surface area contributed by atoms with E-state index in [1.54, 1.807) is 0 Å². The third-order valence-corrected chi connectivity index (χ3v) is 2.21. The van der Waals surface area contributed by atoms with Crippen molar-refractivity contribution >= 4 is 0 Å². The largest absolute Gasteiger partial charge is 0.328 e. The van der Waals surface area contributed by atoms with Crippen molar-refractivity contribution in [2.45, 2.75) is 57.5 Å². The van der Waals surface area contributed by atoms with Crippen LogP contribution in [0.15, 0.2) is 0 Å². The molecule has 0 saturated carbocycles. The number of unbranched alkanes of at least 4 members (excludes halogenated alkanes) is 1. The molecule has 2 nitrogen and oxygen atoms in total. The maximum absolute atomic E-state index is 5.89. The maximum Gasteiger partial charge on any atom is 0.00394 e. The Labute approximate surface area is 76.7 Å². The SMILES string of the molecule is [CH2]CC(N)CCC(N)CCCC. The third kappa shape index (κ3) is 6.62. The zero-order chi connectivity index (χ0) is 9.40. The zero-order valence-corrected chi connectivity index (χ0v) is 8.26. The minimum Gasteiger partial charge on any atom is -0.328 e. The molecule has 73 valence electrons. The van der Waals surface area contributed by atoms with Crippen LogP contribution >= 0.6 is 0 Å². The van der Waals surface area contributed by atoms with E-state index in [4.69, 9.17) is 11.5 Å². The smallest absolute Gasteiger partial charge is 0.00394 e. The number of nitrogens with two attached hydrogens (primary N) is 2. The van der Waals surface area contributed by atoms with Gasteiger partial charge in [0.05, 0.1) is 0 Å². The molecule has 1 radical (unpaired) electrons. The van der Waals surface area contributed by atoms with Gasteiger partial charge in [-0.2, -0.15) is 0 Å². The first kappa shape index (κ1) is 11.9. The van der Waals surface area contributed by atoms with Gasteiger partial charge in [0.15, 0.2) is 0 Å². The first-order valence-electron chi connectivity index (χ1n) is 5.01. The van der Waals surface area contributed by atoms with Gasteiger partial charge in [-0.3, -0.25) is 0 Å². The van der Waals surface area contributed by atoms with Crippen molar-refractivity contribution in [3.63, 3.8) is 0 Å². The standard InChI is InChI=1S/C10H23N2/c1-3-5-6-10(12)8-7-9(11)4-2/h9-10H,2-8,11-12H2,1H3. The van der Waals surface area contributed by atoms with Crippen LogP contribution in [0, 0.1) is 6.92 Å². The molecule has 0 bridgehead atoms. The fourth-order valence-corrected chi connectivity index (χ4v) is 1.18. The molecule has 0 amide bonds. The molecule has 0 rings (SSSR count). The second-order valence-corrected chi connectivity index (χ2v) is 3.53. The minimum atomic E-state index is 0.248. The highest BCUT2D eigenvalue weighted by atomic mass is 14.6. The lowest BCUT2D eigenvalue weighted by Gasteiger charge is -2.13. The summed E-state index contributed by atoms with van der Waals surface area (Å²) in [5.74, 6) is 0. The van der Waals surface area contributed by atoms with Gasteiger partial charge in [-0.25, -0.2) is 0 Å². The number of rotatable bonds is 7. The summed E-state index contributed by atoms with van der Waals surface area (Å²) < 4.78 is 0. The molecule has 0 aliphatic carbocycles. The van der Waals surface area contributed by atoms with Crippen LogP contribution < -0.4 is 11.5 Å². The number of hydrogen-bond donors (Lipinski definition) is 2. The van der Waals surface area contributed by atoms with Crippen molar-refractivity contribution in [1.82, 2.24) is 0 Å². The molecule has 0 aromatic heterocycles. The fourth-order valence-electron chi connectivity index (χ4n) is 1.18. The Kier molecular flexibility index (Phi) is 7.51. The Morgan fingerprint density at radius 1 is 1.08 bits per heavy atom. The Bertz CT molecular complexity index is 93.8. The molecule has 2 heteroatoms. The van der Waals surface area contributed by atoms with E-state index < -0.39 is 0 Å². The van der Waals surface area contributed by atoms with Crippen LogP contribution in [0.1, 0.15) is 45.4 Å². The molecule has 0 aromatic rings. The van der Waals surface area contributed by atoms with Crippen molar-refractivity contribution in [2.24, 2.45) is 11.5 Å². The molecule has 12 heavy (non-hydrogen) atoms. The fraction of sp³-hybridized carbons (Fsp3) is 0.900. The summed E-state index contributed by atoms with van der Waals surface area (Å²) in [7, 11) is 0. The maximum atomic E-state index is 5.89. The predicted octanol–water partition coefficient (Wildman–Crippen LogP) is 1.84. The molecule has 2 atom stereocenters. The van der Waals surface area contributed by atoms with E-state index >= 15 is 0 Å². The topological polar surface area (TPSA) is 52.0 Å². The highest BCUT2D eigenvalue weighted by molar-refractivity contribution is 4.68. The molecule has 0 spiro atoms. The van der Waals surface area contributed by atoms with Crippen molar-refractivity contribution in [1.29, 1.82) is 0 Å². The lowest BCUT2D eigenvalue weighted by Crippen LogP contribution is -2.25. The van der Waals surface area contributed by atoms with Gasteiger partial charge < -0.3 is 11.5 Å². The second kappa shape index (κ2) is 7.56. The van der Waals surface area contributed by atoms with Gasteiger partial charge in [-0.1, -0.05) is 26.7 Å². The predicted molar refractivity (Wildman–Crippen MR) is 54.7 cm³/mol. The Hall–Kier alpha value is -0.0800. The first-order valence-corrected chi connectivity index (χ1v) is 5.01. The van der Waals surface area contributed by atoms with Crippen LogP contribution in [-0.4, -0.2) is 12.1 Å². The van der Waals surface area contributed by atoms with E-state index in [-0.39, 0.29) is 6.04 Å². The summed E-state index contributed by atoms with van der Waals surface area (Å²) in [6.07, 6.45) is 6.50. The molecule has 0 aliphatic heterocycles. The molecule has 2 unspecified atom stereocenters. The van der Waals surface area contributed by atoms with Crippen molar-refractivity contribution in [2.75, 3.05) is 0 Å². The van der Waals surface area contributed by atoms with Gasteiger partial charge in [0, 0.05) is 12.1 Å². The molecule has 0 fully saturated rings. The Morgan fingerprint density at radius 2 is 1.67 bits per heavy atom. The highest BCUT2D eigenvalue weighted by Gasteiger charge is 2.04. The van der Waals surface area contributed by atoms with Crippen LogP contribution in [0.5, 0.6) is 0 Å². The lowest BCUT2D eigenvalue weighted by molar-refractivity contribution is 0.485. The van der Waals surface area contributed by atoms with E-state index in [1.165, 1.54) is 12.8 Å². The van der Waals surface area contributed by atoms with Crippen LogP contribution in [0.4, 0.5) is 0 Å². The summed E-state index contributed by atoms with van der Waals surface area (Å²) in [4.78, 5) is 0. The van der Waals surface area contributed by atoms with E-state index in [0.29, 0.717) is 6.04 Å². The third-order valence-electron chi connectivity index (χ3n) is 2.21. The van der Waals surface area contributed by atoms with Gasteiger partial charge >= 0.3 is 0 Å². The normalized spacial score (nSPS) is 16.0. The molecule has 0 aromatic carbocycles. The molecule has 0 aliphatic rings. The Balaban J connectivity index is 3.24. The molecular formula is C10H23N2. The monoisotopic (exact) mass is 171 g/mol. The summed E-state index contributed by atoms with van der Waals surface area (Å²) in [6, 6.07) is 0.597. The lowest BCUT2D eigenvalue weighted by atomic mass is 10.0. The first-order chi connectivity index (χ1) is 5.70. The minimum absolute atomic E-state index is 0.248. The van der Waals surface area contributed by atoms with E-state index in [9.17, 15) is 0 Å². The van der Waals surface area contributed by atoms with Crippen LogP contribution in [-0.2, 0) is 0 Å². The van der Waals surface area contributed by atoms with E-state index in [1.807, 2.05) is 0 Å². The summed E-state index contributed by atoms with van der Waals surface area (Å²) in [5.41, 5.74) is 11.6. The molecular weight excluding hydrogens is 148 g/mol.